The highest BCUT2D eigenvalue weighted by molar-refractivity contribution is 7.07. The van der Waals surface area contributed by atoms with E-state index in [9.17, 15) is 19.2 Å². The van der Waals surface area contributed by atoms with Gasteiger partial charge in [0.2, 0.25) is 0 Å². The first-order valence-corrected chi connectivity index (χ1v) is 12.8. The quantitative estimate of drug-likeness (QED) is 0.325. The van der Waals surface area contributed by atoms with Crippen molar-refractivity contribution in [3.8, 4) is 17.2 Å². The molecule has 0 saturated heterocycles. The largest absolute Gasteiger partial charge is 0.493 e. The fourth-order valence-electron chi connectivity index (χ4n) is 4.19. The van der Waals surface area contributed by atoms with Crippen molar-refractivity contribution in [2.75, 3.05) is 13.7 Å². The van der Waals surface area contributed by atoms with Crippen LogP contribution in [0.3, 0.4) is 0 Å². The number of rotatable bonds is 7. The van der Waals surface area contributed by atoms with Crippen LogP contribution in [0.25, 0.3) is 6.08 Å². The molecule has 0 saturated carbocycles. The summed E-state index contributed by atoms with van der Waals surface area (Å²) in [4.78, 5) is 54.7. The van der Waals surface area contributed by atoms with Gasteiger partial charge in [0.1, 0.15) is 5.75 Å². The summed E-state index contributed by atoms with van der Waals surface area (Å²) in [6.45, 7) is 6.10. The number of hydrogen-bond acceptors (Lipinski definition) is 10. The van der Waals surface area contributed by atoms with E-state index in [2.05, 4.69) is 4.99 Å². The Balaban J connectivity index is 1.92. The number of nitrogens with zero attached hydrogens (tertiary/aromatic N) is 2. The van der Waals surface area contributed by atoms with Crippen LogP contribution in [0.1, 0.15) is 44.9 Å². The molecule has 11 heteroatoms. The Bertz CT molecular complexity index is 1680. The lowest BCUT2D eigenvalue weighted by molar-refractivity contribution is -0.139. The Hall–Kier alpha value is -4.51. The van der Waals surface area contributed by atoms with Crippen molar-refractivity contribution in [2.24, 2.45) is 4.99 Å². The second-order valence-electron chi connectivity index (χ2n) is 8.47. The summed E-state index contributed by atoms with van der Waals surface area (Å²) < 4.78 is 22.9. The number of carbonyl (C=O) groups is 3. The van der Waals surface area contributed by atoms with Crippen LogP contribution in [0.4, 0.5) is 0 Å². The molecule has 4 rings (SSSR count). The molecule has 202 valence electrons. The zero-order chi connectivity index (χ0) is 28.3. The first-order valence-electron chi connectivity index (χ1n) is 12.0. The summed E-state index contributed by atoms with van der Waals surface area (Å²) in [5.41, 5.74) is 1.41. The van der Waals surface area contributed by atoms with Gasteiger partial charge in [-0.05, 0) is 55.3 Å². The van der Waals surface area contributed by atoms with Crippen molar-refractivity contribution >= 4 is 35.3 Å². The van der Waals surface area contributed by atoms with Crippen LogP contribution in [0.2, 0.25) is 0 Å². The first kappa shape index (κ1) is 27.5. The maximum Gasteiger partial charge on any atom is 0.338 e. The predicted molar refractivity (Wildman–Crippen MR) is 142 cm³/mol. The molecule has 0 N–H and O–H groups in total. The van der Waals surface area contributed by atoms with Crippen LogP contribution in [0.15, 0.2) is 63.5 Å². The molecule has 0 unspecified atom stereocenters. The van der Waals surface area contributed by atoms with E-state index >= 15 is 0 Å². The second-order valence-corrected chi connectivity index (χ2v) is 9.48. The lowest BCUT2D eigenvalue weighted by atomic mass is 9.95. The van der Waals surface area contributed by atoms with E-state index in [1.165, 1.54) is 25.5 Å². The Morgan fingerprint density at radius 3 is 2.46 bits per heavy atom. The summed E-state index contributed by atoms with van der Waals surface area (Å²) in [6.07, 6.45) is 1.67. The molecular formula is C28H26N2O8S. The van der Waals surface area contributed by atoms with Gasteiger partial charge >= 0.3 is 17.9 Å². The van der Waals surface area contributed by atoms with E-state index in [-0.39, 0.29) is 29.2 Å². The van der Waals surface area contributed by atoms with Gasteiger partial charge in [0.25, 0.3) is 5.56 Å². The van der Waals surface area contributed by atoms with Crippen LogP contribution in [-0.4, -0.2) is 36.2 Å². The summed E-state index contributed by atoms with van der Waals surface area (Å²) >= 11 is 1.16. The van der Waals surface area contributed by atoms with Crippen LogP contribution in [0.5, 0.6) is 17.2 Å². The minimum Gasteiger partial charge on any atom is -0.493 e. The van der Waals surface area contributed by atoms with Gasteiger partial charge in [-0.15, -0.1) is 0 Å². The predicted octanol–water partition coefficient (Wildman–Crippen LogP) is 2.66. The SMILES string of the molecule is CCOC(=O)C1=C(C)N=c2s/c(=C/c3cccc(OC(C)=O)c3)c(=O)n2[C@@H]1c1ccc(OC(C)=O)c(OC)c1. The molecule has 0 spiro atoms. The van der Waals surface area contributed by atoms with Gasteiger partial charge in [0.15, 0.2) is 16.3 Å². The minimum absolute atomic E-state index is 0.139. The van der Waals surface area contributed by atoms with Crippen LogP contribution >= 0.6 is 11.3 Å². The first-order chi connectivity index (χ1) is 18.6. The van der Waals surface area contributed by atoms with Crippen molar-refractivity contribution in [2.45, 2.75) is 33.7 Å². The molecule has 39 heavy (non-hydrogen) atoms. The van der Waals surface area contributed by atoms with Gasteiger partial charge in [-0.3, -0.25) is 19.0 Å². The van der Waals surface area contributed by atoms with E-state index in [1.807, 2.05) is 0 Å². The van der Waals surface area contributed by atoms with Crippen LogP contribution in [-0.2, 0) is 19.1 Å². The molecule has 1 aliphatic rings. The molecular weight excluding hydrogens is 524 g/mol. The lowest BCUT2D eigenvalue weighted by Gasteiger charge is -2.25. The normalized spacial score (nSPS) is 14.8. The summed E-state index contributed by atoms with van der Waals surface area (Å²) in [5, 5.41) is 0. The molecule has 0 bridgehead atoms. The average Bonchev–Trinajstić information content (AvgIpc) is 3.17. The molecule has 10 nitrogen and oxygen atoms in total. The van der Waals surface area contributed by atoms with Crippen molar-refractivity contribution in [1.82, 2.24) is 4.57 Å². The van der Waals surface area contributed by atoms with Gasteiger partial charge in [0, 0.05) is 13.8 Å². The molecule has 0 radical (unpaired) electrons. The molecule has 1 aromatic heterocycles. The summed E-state index contributed by atoms with van der Waals surface area (Å²) in [7, 11) is 1.43. The van der Waals surface area contributed by atoms with E-state index in [0.717, 1.165) is 11.3 Å². The highest BCUT2D eigenvalue weighted by Gasteiger charge is 2.34. The zero-order valence-corrected chi connectivity index (χ0v) is 22.8. The monoisotopic (exact) mass is 550 g/mol. The third-order valence-electron chi connectivity index (χ3n) is 5.69. The molecule has 2 heterocycles. The average molecular weight is 551 g/mol. The molecule has 1 aliphatic heterocycles. The highest BCUT2D eigenvalue weighted by atomic mass is 32.1. The third kappa shape index (κ3) is 5.83. The van der Waals surface area contributed by atoms with Crippen molar-refractivity contribution < 1.29 is 33.3 Å². The van der Waals surface area contributed by atoms with E-state index in [1.54, 1.807) is 62.4 Å². The fraction of sp³-hybridized carbons (Fsp3) is 0.250. The van der Waals surface area contributed by atoms with Gasteiger partial charge < -0.3 is 18.9 Å². The number of hydrogen-bond donors (Lipinski definition) is 0. The molecule has 0 aliphatic carbocycles. The smallest absolute Gasteiger partial charge is 0.338 e. The number of esters is 3. The van der Waals surface area contributed by atoms with Gasteiger partial charge in [0.05, 0.1) is 35.6 Å². The molecule has 3 aromatic rings. The second kappa shape index (κ2) is 11.5. The number of ether oxygens (including phenoxy) is 4. The maximum absolute atomic E-state index is 13.8. The standard InChI is InChI=1S/C28H26N2O8S/c1-6-36-27(34)24-15(2)29-28-30(25(24)19-10-11-21(38-17(4)32)22(14-19)35-5)26(33)23(39-28)13-18-8-7-9-20(12-18)37-16(3)31/h7-14,25H,6H2,1-5H3/b23-13+/t25-/m1/s1. The summed E-state index contributed by atoms with van der Waals surface area (Å²) in [5.74, 6) is -0.770. The number of aromatic nitrogens is 1. The number of carbonyl (C=O) groups excluding carboxylic acids is 3. The number of thiazole rings is 1. The summed E-state index contributed by atoms with van der Waals surface area (Å²) in [6, 6.07) is 10.7. The van der Waals surface area contributed by atoms with Gasteiger partial charge in [-0.1, -0.05) is 29.5 Å². The van der Waals surface area contributed by atoms with Gasteiger partial charge in [-0.2, -0.15) is 0 Å². The third-order valence-corrected chi connectivity index (χ3v) is 6.67. The van der Waals surface area contributed by atoms with E-state index in [4.69, 9.17) is 18.9 Å². The Morgan fingerprint density at radius 2 is 1.79 bits per heavy atom. The van der Waals surface area contributed by atoms with E-state index < -0.39 is 23.9 Å². The molecule has 0 fully saturated rings. The number of methoxy groups -OCH3 is 1. The van der Waals surface area contributed by atoms with Crippen molar-refractivity contribution in [3.05, 3.63) is 84.5 Å². The Labute approximate surface area is 227 Å². The molecule has 0 amide bonds. The van der Waals surface area contributed by atoms with Crippen molar-refractivity contribution in [1.29, 1.82) is 0 Å². The lowest BCUT2D eigenvalue weighted by Crippen LogP contribution is -2.40. The van der Waals surface area contributed by atoms with Crippen molar-refractivity contribution in [3.63, 3.8) is 0 Å². The van der Waals surface area contributed by atoms with E-state index in [0.29, 0.717) is 31.9 Å². The highest BCUT2D eigenvalue weighted by Crippen LogP contribution is 2.36. The molecule has 1 atom stereocenters. The van der Waals surface area contributed by atoms with Crippen LogP contribution in [0, 0.1) is 0 Å². The van der Waals surface area contributed by atoms with Gasteiger partial charge in [-0.25, -0.2) is 9.79 Å². The minimum atomic E-state index is -0.880. The molecule has 2 aromatic carbocycles. The number of benzene rings is 2. The maximum atomic E-state index is 13.8. The zero-order valence-electron chi connectivity index (χ0n) is 22.0. The topological polar surface area (TPSA) is 122 Å². The van der Waals surface area contributed by atoms with Crippen LogP contribution < -0.4 is 29.1 Å². The fourth-order valence-corrected chi connectivity index (χ4v) is 5.23. The number of fused-ring (bicyclic) bond motifs is 1. The Kier molecular flexibility index (Phi) is 8.10. The Morgan fingerprint density at radius 1 is 1.05 bits per heavy atom. The number of allylic oxidation sites excluding steroid dienone is 1.